The van der Waals surface area contributed by atoms with Crippen LogP contribution >= 0.6 is 0 Å². The van der Waals surface area contributed by atoms with Crippen LogP contribution < -0.4 is 19.2 Å². The van der Waals surface area contributed by atoms with Crippen molar-refractivity contribution in [3.63, 3.8) is 0 Å². The molecule has 0 aliphatic carbocycles. The number of sulfonamides is 2. The van der Waals surface area contributed by atoms with Crippen molar-refractivity contribution >= 4 is 43.6 Å². The van der Waals surface area contributed by atoms with Crippen LogP contribution in [-0.2, 0) is 51.3 Å². The molecular weight excluding hydrogens is 831 g/mol. The molecule has 58 heavy (non-hydrogen) atoms. The Morgan fingerprint density at radius 1 is 0.707 bits per heavy atom. The van der Waals surface area contributed by atoms with E-state index in [9.17, 15) is 52.8 Å². The van der Waals surface area contributed by atoms with E-state index in [-0.39, 0.29) is 37.3 Å². The summed E-state index contributed by atoms with van der Waals surface area (Å²) in [5.41, 5.74) is -3.83. The largest absolute Gasteiger partial charge is 0.453 e. The summed E-state index contributed by atoms with van der Waals surface area (Å²) >= 11 is 0. The number of nitriles is 2. The molecule has 0 saturated carbocycles. The van der Waals surface area contributed by atoms with Crippen LogP contribution in [0.25, 0.3) is 0 Å². The average molecular weight is 863 g/mol. The standard InChI is InChI=1S/2C17H16F3N3O5S/c2*1-27-16(24)22-12-5-13-15-10(14(12)28-13)7-23(29(15,25)26)9-3-2-8(6-21)11(4-9)17(18,19)20/h2*2-4,10,12-15H,5,7H2,1H3,(H,22,24)/t2*10-,12+,13+,14+,15-/m10/s1. The van der Waals surface area contributed by atoms with E-state index in [4.69, 9.17) is 20.0 Å². The van der Waals surface area contributed by atoms with Crippen molar-refractivity contribution in [2.45, 2.75) is 72.2 Å². The predicted octanol–water partition coefficient (Wildman–Crippen LogP) is 3.21. The number of ether oxygens (including phenoxy) is 4. The summed E-state index contributed by atoms with van der Waals surface area (Å²) in [6.45, 7) is -0.145. The highest BCUT2D eigenvalue weighted by atomic mass is 32.2. The number of hydrogen-bond acceptors (Lipinski definition) is 12. The van der Waals surface area contributed by atoms with Crippen molar-refractivity contribution in [2.24, 2.45) is 11.8 Å². The molecule has 0 spiro atoms. The normalized spacial score (nSPS) is 32.0. The molecule has 2 aromatic rings. The van der Waals surface area contributed by atoms with E-state index in [1.165, 1.54) is 38.5 Å². The number of alkyl carbamates (subject to hydrolysis) is 2. The van der Waals surface area contributed by atoms with Crippen molar-refractivity contribution in [1.29, 1.82) is 10.5 Å². The fourth-order valence-corrected chi connectivity index (χ4v) is 13.6. The number of rotatable bonds is 4. The third-order valence-corrected chi connectivity index (χ3v) is 15.9. The molecule has 6 heterocycles. The Morgan fingerprint density at radius 2 is 1.07 bits per heavy atom. The van der Waals surface area contributed by atoms with Crippen LogP contribution in [0.1, 0.15) is 35.1 Å². The molecule has 4 bridgehead atoms. The van der Waals surface area contributed by atoms with Gasteiger partial charge in [0.05, 0.1) is 96.5 Å². The third kappa shape index (κ3) is 6.78. The van der Waals surface area contributed by atoms with Gasteiger partial charge in [0.25, 0.3) is 0 Å². The number of fused-ring (bicyclic) bond motifs is 10. The lowest BCUT2D eigenvalue weighted by Gasteiger charge is -2.25. The van der Waals surface area contributed by atoms with Gasteiger partial charge >= 0.3 is 24.5 Å². The highest BCUT2D eigenvalue weighted by Gasteiger charge is 2.66. The van der Waals surface area contributed by atoms with E-state index >= 15 is 0 Å². The van der Waals surface area contributed by atoms with Crippen molar-refractivity contribution in [1.82, 2.24) is 10.6 Å². The van der Waals surface area contributed by atoms with Crippen LogP contribution in [0.2, 0.25) is 0 Å². The Morgan fingerprint density at radius 3 is 1.38 bits per heavy atom. The molecular formula is C34H32F6N6O10S2. The first-order valence-electron chi connectivity index (χ1n) is 17.4. The van der Waals surface area contributed by atoms with Gasteiger partial charge in [-0.1, -0.05) is 0 Å². The second-order valence-corrected chi connectivity index (χ2v) is 18.4. The summed E-state index contributed by atoms with van der Waals surface area (Å²) < 4.78 is 154. The molecule has 0 unspecified atom stereocenters. The molecule has 10 atom stereocenters. The van der Waals surface area contributed by atoms with Gasteiger partial charge < -0.3 is 29.6 Å². The number of halogens is 6. The van der Waals surface area contributed by atoms with Crippen LogP contribution in [0, 0.1) is 34.5 Å². The maximum Gasteiger partial charge on any atom is 0.417 e. The Bertz CT molecular complexity index is 2170. The number of hydrogen-bond donors (Lipinski definition) is 2. The van der Waals surface area contributed by atoms with Crippen molar-refractivity contribution in [3.05, 3.63) is 58.7 Å². The number of carbonyl (C=O) groups is 2. The Labute approximate surface area is 326 Å². The van der Waals surface area contributed by atoms with Gasteiger partial charge in [0.2, 0.25) is 20.0 Å². The SMILES string of the molecule is COC(=O)N[C@@H]1C[C@H]2O[C@@H]1[C@@H]1CN(c3ccc(C#N)c(C(F)(F)F)c3)S(=O)(=O)[C@@H]12.COC(=O)N[C@H]1C[C@@H]2O[C@H]1[C@H]1CN(c3ccc(C#N)c(C(F)(F)F)c3)S(=O)(=O)[C@H]12. The first kappa shape index (κ1) is 41.1. The smallest absolute Gasteiger partial charge is 0.417 e. The molecule has 0 aromatic heterocycles. The van der Waals surface area contributed by atoms with E-state index in [0.717, 1.165) is 20.7 Å². The molecule has 16 nitrogen and oxygen atoms in total. The number of benzene rings is 2. The van der Waals surface area contributed by atoms with Crippen LogP contribution in [-0.4, -0.2) is 103 Å². The van der Waals surface area contributed by atoms with Crippen molar-refractivity contribution in [2.75, 3.05) is 35.9 Å². The minimum Gasteiger partial charge on any atom is -0.453 e. The summed E-state index contributed by atoms with van der Waals surface area (Å²) in [5.74, 6) is -1.02. The van der Waals surface area contributed by atoms with Crippen LogP contribution in [0.5, 0.6) is 0 Å². The van der Waals surface area contributed by atoms with Crippen LogP contribution in [0.15, 0.2) is 36.4 Å². The van der Waals surface area contributed by atoms with E-state index in [1.807, 2.05) is 0 Å². The second-order valence-electron chi connectivity index (χ2n) is 14.3. The monoisotopic (exact) mass is 862 g/mol. The first-order chi connectivity index (χ1) is 27.1. The summed E-state index contributed by atoms with van der Waals surface area (Å²) in [6.07, 6.45) is -12.9. The third-order valence-electron chi connectivity index (χ3n) is 11.3. The van der Waals surface area contributed by atoms with Gasteiger partial charge in [-0.15, -0.1) is 0 Å². The summed E-state index contributed by atoms with van der Waals surface area (Å²) in [7, 11) is -5.54. The summed E-state index contributed by atoms with van der Waals surface area (Å²) in [5, 5.41) is 21.3. The number of anilines is 2. The van der Waals surface area contributed by atoms with Crippen LogP contribution in [0.3, 0.4) is 0 Å². The molecule has 2 aromatic carbocycles. The zero-order valence-corrected chi connectivity index (χ0v) is 31.7. The second kappa shape index (κ2) is 14.4. The van der Waals surface area contributed by atoms with Gasteiger partial charge in [-0.3, -0.25) is 8.61 Å². The maximum absolute atomic E-state index is 13.3. The molecule has 8 rings (SSSR count). The molecule has 0 radical (unpaired) electrons. The number of methoxy groups -OCH3 is 2. The van der Waals surface area contributed by atoms with Gasteiger partial charge in [0.15, 0.2) is 0 Å². The minimum absolute atomic E-state index is 0.0727. The molecule has 6 aliphatic rings. The Balaban J connectivity index is 0.000000177. The molecule has 2 N–H and O–H groups in total. The Kier molecular flexibility index (Phi) is 10.2. The number of nitrogens with zero attached hydrogens (tertiary/aromatic N) is 4. The summed E-state index contributed by atoms with van der Waals surface area (Å²) in [6, 6.07) is 7.77. The number of amides is 2. The Hall–Kier alpha value is -5.04. The summed E-state index contributed by atoms with van der Waals surface area (Å²) in [4.78, 5) is 23.0. The minimum atomic E-state index is -4.79. The topological polar surface area (TPSA) is 217 Å². The van der Waals surface area contributed by atoms with Gasteiger partial charge in [-0.2, -0.15) is 36.9 Å². The lowest BCUT2D eigenvalue weighted by Crippen LogP contribution is -2.48. The van der Waals surface area contributed by atoms with Gasteiger partial charge in [0.1, 0.15) is 10.5 Å². The quantitative estimate of drug-likeness (QED) is 0.424. The van der Waals surface area contributed by atoms with E-state index in [1.54, 1.807) is 0 Å². The lowest BCUT2D eigenvalue weighted by atomic mass is 9.85. The maximum atomic E-state index is 13.3. The van der Waals surface area contributed by atoms with E-state index in [0.29, 0.717) is 12.1 Å². The molecule has 6 aliphatic heterocycles. The predicted molar refractivity (Wildman–Crippen MR) is 185 cm³/mol. The van der Waals surface area contributed by atoms with Crippen molar-refractivity contribution < 1.29 is 71.7 Å². The highest BCUT2D eigenvalue weighted by Crippen LogP contribution is 2.51. The number of carbonyl (C=O) groups excluding carboxylic acids is 2. The molecule has 2 amide bonds. The molecule has 24 heteroatoms. The lowest BCUT2D eigenvalue weighted by molar-refractivity contribution is -0.138. The fourth-order valence-electron chi connectivity index (χ4n) is 8.99. The fraction of sp³-hybridized carbons (Fsp3) is 0.529. The van der Waals surface area contributed by atoms with E-state index < -0.39 is 126 Å². The molecule has 6 fully saturated rings. The zero-order chi connectivity index (χ0) is 42.3. The van der Waals surface area contributed by atoms with Gasteiger partial charge in [0, 0.05) is 24.9 Å². The highest BCUT2D eigenvalue weighted by molar-refractivity contribution is 7.94. The van der Waals surface area contributed by atoms with Crippen LogP contribution in [0.4, 0.5) is 47.3 Å². The first-order valence-corrected chi connectivity index (χ1v) is 20.4. The molecule has 6 saturated heterocycles. The number of nitrogens with one attached hydrogen (secondary N) is 2. The average Bonchev–Trinajstić information content (AvgIpc) is 4.01. The molecule has 312 valence electrons. The van der Waals surface area contributed by atoms with Gasteiger partial charge in [-0.05, 0) is 49.2 Å². The van der Waals surface area contributed by atoms with Gasteiger partial charge in [-0.25, -0.2) is 26.4 Å². The van der Waals surface area contributed by atoms with Crippen molar-refractivity contribution in [3.8, 4) is 12.1 Å². The zero-order valence-electron chi connectivity index (χ0n) is 30.0. The van der Waals surface area contributed by atoms with E-state index in [2.05, 4.69) is 20.1 Å². The number of alkyl halides is 6.